The van der Waals surface area contributed by atoms with Crippen LogP contribution in [0.25, 0.3) is 0 Å². The number of hydrogen-bond donors (Lipinski definition) is 7. The Hall–Kier alpha value is -8.95. The Balaban J connectivity index is 1.66. The number of aliphatic carboxylic acids is 3. The van der Waals surface area contributed by atoms with E-state index in [1.54, 1.807) is 43.3 Å². The van der Waals surface area contributed by atoms with E-state index in [0.29, 0.717) is 44.1 Å². The lowest BCUT2D eigenvalue weighted by atomic mass is 10.0. The molecule has 0 aliphatic heterocycles. The molecule has 4 rings (SSSR count). The van der Waals surface area contributed by atoms with E-state index >= 15 is 0 Å². The standard InChI is InChI=1S/C68H92N8O14/c1-4-24-54(66(88)71-43-40-63(83)84)74(47-51-28-14-8-15-29-51)59(78)35-20-11-21-45-73(58(77)36-23-37-60(79)75(48-52-30-16-9-17-31-52)55(25-5-2)67(89)72-44-41-64(85)86)57(46-50-26-12-7-13-27-50)68(90)70-42-39-61(80)76(49-53-32-18-10-19-33-53)56(65(87)69-6-3)34-22-38-62(81)82/h7-10,12-19,26-33,54-57H,4-6,11,20-25,34-49H2,1-3H3,(H,69,87)(H,70,90)(H,71,88)(H,72,89)(H,81,82)(H,83,84)(H,85,86). The predicted octanol–water partition coefficient (Wildman–Crippen LogP) is 7.03. The Morgan fingerprint density at radius 2 is 0.689 bits per heavy atom. The molecule has 0 radical (unpaired) electrons. The molecule has 8 amide bonds. The fourth-order valence-corrected chi connectivity index (χ4v) is 10.6. The lowest BCUT2D eigenvalue weighted by molar-refractivity contribution is -0.143. The molecule has 0 fully saturated rings. The number of rotatable bonds is 44. The lowest BCUT2D eigenvalue weighted by Crippen LogP contribution is -2.52. The lowest BCUT2D eigenvalue weighted by Gasteiger charge is -2.33. The zero-order valence-corrected chi connectivity index (χ0v) is 52.4. The Morgan fingerprint density at radius 1 is 0.344 bits per heavy atom. The van der Waals surface area contributed by atoms with Crippen LogP contribution >= 0.6 is 0 Å². The van der Waals surface area contributed by atoms with Gasteiger partial charge in [0.1, 0.15) is 24.2 Å². The van der Waals surface area contributed by atoms with Gasteiger partial charge in [-0.1, -0.05) is 154 Å². The van der Waals surface area contributed by atoms with Gasteiger partial charge in [-0.05, 0) is 74.1 Å². The van der Waals surface area contributed by atoms with Gasteiger partial charge in [0.15, 0.2) is 0 Å². The first-order chi connectivity index (χ1) is 43.4. The van der Waals surface area contributed by atoms with Crippen molar-refractivity contribution in [2.24, 2.45) is 0 Å². The highest BCUT2D eigenvalue weighted by Gasteiger charge is 2.35. The Labute approximate surface area is 528 Å². The second-order valence-corrected chi connectivity index (χ2v) is 22.2. The molecule has 22 nitrogen and oxygen atoms in total. The molecule has 4 aromatic rings. The molecule has 7 N–H and O–H groups in total. The van der Waals surface area contributed by atoms with Gasteiger partial charge in [0, 0.05) is 90.9 Å². The number of carbonyl (C=O) groups excluding carboxylic acids is 8. The molecule has 4 unspecified atom stereocenters. The fourth-order valence-electron chi connectivity index (χ4n) is 10.6. The molecule has 0 saturated carbocycles. The highest BCUT2D eigenvalue weighted by molar-refractivity contribution is 5.91. The third-order valence-corrected chi connectivity index (χ3v) is 15.2. The quantitative estimate of drug-likeness (QED) is 0.0219. The number of carboxylic acid groups (broad SMARTS) is 3. The highest BCUT2D eigenvalue weighted by atomic mass is 16.4. The van der Waals surface area contributed by atoms with Crippen molar-refractivity contribution in [1.29, 1.82) is 0 Å². The first kappa shape index (κ1) is 73.5. The van der Waals surface area contributed by atoms with Crippen LogP contribution in [0.2, 0.25) is 0 Å². The summed E-state index contributed by atoms with van der Waals surface area (Å²) in [5.74, 6) is -6.92. The maximum absolute atomic E-state index is 15.0. The van der Waals surface area contributed by atoms with Gasteiger partial charge < -0.3 is 56.2 Å². The molecule has 488 valence electrons. The molecule has 0 heterocycles. The van der Waals surface area contributed by atoms with E-state index < -0.39 is 83.4 Å². The van der Waals surface area contributed by atoms with E-state index in [1.165, 1.54) is 19.6 Å². The number of carboxylic acids is 3. The van der Waals surface area contributed by atoms with Crippen LogP contribution in [0.15, 0.2) is 121 Å². The Morgan fingerprint density at radius 3 is 1.09 bits per heavy atom. The van der Waals surface area contributed by atoms with E-state index in [4.69, 9.17) is 0 Å². The molecule has 0 bridgehead atoms. The van der Waals surface area contributed by atoms with Gasteiger partial charge >= 0.3 is 17.9 Å². The predicted molar refractivity (Wildman–Crippen MR) is 338 cm³/mol. The third-order valence-electron chi connectivity index (χ3n) is 15.2. The summed E-state index contributed by atoms with van der Waals surface area (Å²) in [5, 5.41) is 39.0. The van der Waals surface area contributed by atoms with Gasteiger partial charge in [0.25, 0.3) is 0 Å². The molecule has 90 heavy (non-hydrogen) atoms. The summed E-state index contributed by atoms with van der Waals surface area (Å²) in [6, 6.07) is 32.3. The molecule has 0 aliphatic rings. The molecule has 0 aromatic heterocycles. The van der Waals surface area contributed by atoms with Crippen molar-refractivity contribution < 1.29 is 68.1 Å². The van der Waals surface area contributed by atoms with Crippen LogP contribution in [0.5, 0.6) is 0 Å². The van der Waals surface area contributed by atoms with Crippen molar-refractivity contribution in [2.45, 2.75) is 180 Å². The number of hydrogen-bond acceptors (Lipinski definition) is 11. The summed E-state index contributed by atoms with van der Waals surface area (Å²) in [4.78, 5) is 154. The van der Waals surface area contributed by atoms with E-state index in [0.717, 1.165) is 16.7 Å². The van der Waals surface area contributed by atoms with Crippen LogP contribution in [0.4, 0.5) is 0 Å². The number of carbonyl (C=O) groups is 11. The number of likely N-dealkylation sites (N-methyl/N-ethyl adjacent to an activating group) is 1. The smallest absolute Gasteiger partial charge is 0.305 e. The second-order valence-electron chi connectivity index (χ2n) is 22.2. The van der Waals surface area contributed by atoms with Crippen LogP contribution in [-0.2, 0) is 78.8 Å². The van der Waals surface area contributed by atoms with E-state index in [2.05, 4.69) is 21.3 Å². The van der Waals surface area contributed by atoms with Gasteiger partial charge in [0.2, 0.25) is 47.3 Å². The molecule has 22 heteroatoms. The minimum absolute atomic E-state index is 0.0121. The van der Waals surface area contributed by atoms with Crippen LogP contribution in [-0.4, -0.2) is 157 Å². The molecule has 4 atom stereocenters. The van der Waals surface area contributed by atoms with Crippen molar-refractivity contribution in [1.82, 2.24) is 40.9 Å². The first-order valence-corrected chi connectivity index (χ1v) is 31.5. The van der Waals surface area contributed by atoms with Crippen LogP contribution in [0.1, 0.15) is 152 Å². The minimum Gasteiger partial charge on any atom is -0.481 e. The highest BCUT2D eigenvalue weighted by Crippen LogP contribution is 2.22. The van der Waals surface area contributed by atoms with Gasteiger partial charge in [-0.15, -0.1) is 0 Å². The number of nitrogens with one attached hydrogen (secondary N) is 4. The number of nitrogens with zero attached hydrogens (tertiary/aromatic N) is 4. The van der Waals surface area contributed by atoms with Gasteiger partial charge in [-0.2, -0.15) is 0 Å². The van der Waals surface area contributed by atoms with Crippen LogP contribution in [0, 0.1) is 0 Å². The molecule has 0 saturated heterocycles. The average Bonchev–Trinajstić information content (AvgIpc) is 1.52. The topological polar surface area (TPSA) is 310 Å². The number of amides is 8. The van der Waals surface area contributed by atoms with Crippen molar-refractivity contribution in [3.05, 3.63) is 144 Å². The second kappa shape index (κ2) is 41.3. The fraction of sp³-hybridized carbons (Fsp3) is 0.485. The summed E-state index contributed by atoms with van der Waals surface area (Å²) in [6.07, 6.45) is 1.47. The maximum atomic E-state index is 15.0. The normalized spacial score (nSPS) is 12.2. The van der Waals surface area contributed by atoms with Crippen LogP contribution < -0.4 is 21.3 Å². The SMILES string of the molecule is CCCC(C(=O)NCCC(=O)O)N(Cc1ccccc1)C(=O)CCCCCN(C(=O)CCCC(=O)N(Cc1ccccc1)C(CCC)C(=O)NCCC(=O)O)C(Cc1ccccc1)C(=O)NCCC(=O)N(Cc1ccccc1)C(CCCC(=O)O)C(=O)NCC. The monoisotopic (exact) mass is 1240 g/mol. The molecular formula is C68H92N8O14. The summed E-state index contributed by atoms with van der Waals surface area (Å²) in [7, 11) is 0. The molecule has 0 spiro atoms. The molecule has 0 aliphatic carbocycles. The van der Waals surface area contributed by atoms with Gasteiger partial charge in [-0.25, -0.2) is 0 Å². The van der Waals surface area contributed by atoms with Crippen molar-refractivity contribution in [2.75, 3.05) is 32.7 Å². The van der Waals surface area contributed by atoms with Crippen LogP contribution in [0.3, 0.4) is 0 Å². The zero-order chi connectivity index (χ0) is 65.6. The van der Waals surface area contributed by atoms with E-state index in [9.17, 15) is 68.1 Å². The largest absolute Gasteiger partial charge is 0.481 e. The minimum atomic E-state index is -1.17. The Kier molecular flexibility index (Phi) is 33.7. The molecular weight excluding hydrogens is 1150 g/mol. The third kappa shape index (κ3) is 26.8. The van der Waals surface area contributed by atoms with Crippen molar-refractivity contribution >= 4 is 65.2 Å². The van der Waals surface area contributed by atoms with Crippen molar-refractivity contribution in [3.8, 4) is 0 Å². The molecule has 4 aromatic carbocycles. The van der Waals surface area contributed by atoms with E-state index in [1.807, 2.05) is 98.8 Å². The summed E-state index contributed by atoms with van der Waals surface area (Å²) < 4.78 is 0. The first-order valence-electron chi connectivity index (χ1n) is 31.5. The Bertz CT molecular complexity index is 2900. The summed E-state index contributed by atoms with van der Waals surface area (Å²) in [5.41, 5.74) is 2.96. The summed E-state index contributed by atoms with van der Waals surface area (Å²) >= 11 is 0. The number of unbranched alkanes of at least 4 members (excludes halogenated alkanes) is 2. The average molecular weight is 1250 g/mol. The summed E-state index contributed by atoms with van der Waals surface area (Å²) in [6.45, 7) is 5.52. The maximum Gasteiger partial charge on any atom is 0.305 e. The van der Waals surface area contributed by atoms with Gasteiger partial charge in [-0.3, -0.25) is 52.7 Å². The van der Waals surface area contributed by atoms with Gasteiger partial charge in [0.05, 0.1) is 12.8 Å². The van der Waals surface area contributed by atoms with Crippen molar-refractivity contribution in [3.63, 3.8) is 0 Å². The number of benzene rings is 4. The zero-order valence-electron chi connectivity index (χ0n) is 52.4. The van der Waals surface area contributed by atoms with E-state index in [-0.39, 0.29) is 135 Å².